The van der Waals surface area contributed by atoms with E-state index in [2.05, 4.69) is 54.8 Å². The molecule has 2 aromatic carbocycles. The Morgan fingerprint density at radius 1 is 1.07 bits per heavy atom. The van der Waals surface area contributed by atoms with Gasteiger partial charge in [0, 0.05) is 43.4 Å². The number of rotatable bonds is 8. The number of amides is 1. The zero-order chi connectivity index (χ0) is 20.1. The van der Waals surface area contributed by atoms with Crippen LogP contribution in [0.3, 0.4) is 0 Å². The van der Waals surface area contributed by atoms with E-state index in [1.54, 1.807) is 0 Å². The third-order valence-electron chi connectivity index (χ3n) is 5.48. The minimum atomic E-state index is 0.302. The van der Waals surface area contributed by atoms with E-state index in [0.29, 0.717) is 12.3 Å². The minimum absolute atomic E-state index is 0.302. The number of hydrogen-bond donors (Lipinski definition) is 1. The molecule has 3 aromatic rings. The van der Waals surface area contributed by atoms with Gasteiger partial charge in [0.05, 0.1) is 11.4 Å². The van der Waals surface area contributed by atoms with Gasteiger partial charge in [-0.15, -0.1) is 0 Å². The van der Waals surface area contributed by atoms with Gasteiger partial charge in [-0.25, -0.2) is 4.68 Å². The average Bonchev–Trinajstić information content (AvgIpc) is 3.35. The highest BCUT2D eigenvalue weighted by molar-refractivity contribution is 5.78. The normalized spacial score (nSPS) is 14.0. The van der Waals surface area contributed by atoms with Gasteiger partial charge in [0.15, 0.2) is 0 Å². The van der Waals surface area contributed by atoms with Gasteiger partial charge in [0.2, 0.25) is 5.91 Å². The first kappa shape index (κ1) is 19.4. The zero-order valence-electron chi connectivity index (χ0n) is 17.0. The highest BCUT2D eigenvalue weighted by atomic mass is 16.2. The largest absolute Gasteiger partial charge is 0.343 e. The lowest BCUT2D eigenvalue weighted by Crippen LogP contribution is -2.28. The van der Waals surface area contributed by atoms with E-state index < -0.39 is 0 Å². The van der Waals surface area contributed by atoms with Gasteiger partial charge >= 0.3 is 0 Å². The van der Waals surface area contributed by atoms with Gasteiger partial charge < -0.3 is 10.2 Å². The molecule has 0 spiro atoms. The number of nitrogens with zero attached hydrogens (tertiary/aromatic N) is 3. The molecule has 1 amide bonds. The molecule has 0 radical (unpaired) electrons. The molecule has 1 fully saturated rings. The first-order valence-electron chi connectivity index (χ1n) is 10.4. The van der Waals surface area contributed by atoms with Crippen LogP contribution in [-0.4, -0.2) is 40.2 Å². The Balaban J connectivity index is 1.46. The Morgan fingerprint density at radius 3 is 2.62 bits per heavy atom. The molecule has 0 atom stereocenters. The van der Waals surface area contributed by atoms with E-state index in [4.69, 9.17) is 5.10 Å². The minimum Gasteiger partial charge on any atom is -0.343 e. The SMILES string of the molecule is Cc1ccccc1-c1nn(-c2ccccc2)cc1CNCCCN1CCCC1=O. The number of para-hydroxylation sites is 1. The van der Waals surface area contributed by atoms with E-state index in [1.807, 2.05) is 27.8 Å². The van der Waals surface area contributed by atoms with E-state index in [9.17, 15) is 4.79 Å². The van der Waals surface area contributed by atoms with Crippen molar-refractivity contribution < 1.29 is 4.79 Å². The maximum absolute atomic E-state index is 11.7. The summed E-state index contributed by atoms with van der Waals surface area (Å²) in [5.41, 5.74) is 5.65. The summed E-state index contributed by atoms with van der Waals surface area (Å²) in [5.74, 6) is 0.302. The van der Waals surface area contributed by atoms with Crippen molar-refractivity contribution in [3.8, 4) is 16.9 Å². The number of aromatic nitrogens is 2. The Morgan fingerprint density at radius 2 is 1.86 bits per heavy atom. The molecule has 1 N–H and O–H groups in total. The number of nitrogens with one attached hydrogen (secondary N) is 1. The lowest BCUT2D eigenvalue weighted by molar-refractivity contribution is -0.127. The van der Waals surface area contributed by atoms with Crippen LogP contribution in [0.2, 0.25) is 0 Å². The predicted octanol–water partition coefficient (Wildman–Crippen LogP) is 3.95. The molecule has 0 aliphatic carbocycles. The van der Waals surface area contributed by atoms with Crippen molar-refractivity contribution in [2.24, 2.45) is 0 Å². The van der Waals surface area contributed by atoms with Crippen LogP contribution in [-0.2, 0) is 11.3 Å². The van der Waals surface area contributed by atoms with Gasteiger partial charge in [-0.3, -0.25) is 4.79 Å². The Kier molecular flexibility index (Phi) is 6.06. The van der Waals surface area contributed by atoms with Gasteiger partial charge in [0.25, 0.3) is 0 Å². The van der Waals surface area contributed by atoms with E-state index in [1.165, 1.54) is 16.7 Å². The highest BCUT2D eigenvalue weighted by Gasteiger charge is 2.19. The quantitative estimate of drug-likeness (QED) is 0.595. The van der Waals surface area contributed by atoms with Crippen molar-refractivity contribution in [3.63, 3.8) is 0 Å². The molecule has 2 heterocycles. The first-order valence-corrected chi connectivity index (χ1v) is 10.4. The summed E-state index contributed by atoms with van der Waals surface area (Å²) >= 11 is 0. The second-order valence-corrected chi connectivity index (χ2v) is 7.61. The molecule has 5 heteroatoms. The second-order valence-electron chi connectivity index (χ2n) is 7.61. The summed E-state index contributed by atoms with van der Waals surface area (Å²) in [4.78, 5) is 13.7. The van der Waals surface area contributed by atoms with Crippen LogP contribution in [0.4, 0.5) is 0 Å². The van der Waals surface area contributed by atoms with Crippen LogP contribution < -0.4 is 5.32 Å². The number of hydrogen-bond acceptors (Lipinski definition) is 3. The molecule has 4 rings (SSSR count). The van der Waals surface area contributed by atoms with Crippen molar-refractivity contribution >= 4 is 5.91 Å². The summed E-state index contributed by atoms with van der Waals surface area (Å²) in [6.07, 6.45) is 4.81. The fraction of sp³-hybridized carbons (Fsp3) is 0.333. The van der Waals surface area contributed by atoms with Crippen LogP contribution in [0.5, 0.6) is 0 Å². The van der Waals surface area contributed by atoms with Crippen molar-refractivity contribution in [2.45, 2.75) is 32.7 Å². The Hall–Kier alpha value is -2.92. The molecule has 150 valence electrons. The Bertz CT molecular complexity index is 964. The van der Waals surface area contributed by atoms with Crippen molar-refractivity contribution in [2.75, 3.05) is 19.6 Å². The van der Waals surface area contributed by atoms with Crippen molar-refractivity contribution in [3.05, 3.63) is 71.9 Å². The lowest BCUT2D eigenvalue weighted by atomic mass is 10.0. The average molecular weight is 389 g/mol. The highest BCUT2D eigenvalue weighted by Crippen LogP contribution is 2.26. The topological polar surface area (TPSA) is 50.2 Å². The molecule has 5 nitrogen and oxygen atoms in total. The molecular weight excluding hydrogens is 360 g/mol. The number of carbonyl (C=O) groups is 1. The summed E-state index contributed by atoms with van der Waals surface area (Å²) in [6.45, 7) is 5.53. The fourth-order valence-electron chi connectivity index (χ4n) is 3.88. The molecule has 1 aliphatic heterocycles. The number of aryl methyl sites for hydroxylation is 1. The van der Waals surface area contributed by atoms with Gasteiger partial charge in [-0.05, 0) is 44.0 Å². The Labute approximate surface area is 172 Å². The third kappa shape index (κ3) is 4.57. The summed E-state index contributed by atoms with van der Waals surface area (Å²) in [5, 5.41) is 8.45. The molecule has 1 saturated heterocycles. The van der Waals surface area contributed by atoms with Gasteiger partial charge in [-0.1, -0.05) is 42.5 Å². The van der Waals surface area contributed by atoms with Gasteiger partial charge in [0.1, 0.15) is 0 Å². The van der Waals surface area contributed by atoms with Gasteiger partial charge in [-0.2, -0.15) is 5.10 Å². The molecule has 1 aliphatic rings. The van der Waals surface area contributed by atoms with Crippen LogP contribution in [0.15, 0.2) is 60.8 Å². The standard InChI is InChI=1S/C24H28N4O/c1-19-9-5-6-12-22(19)24-20(18-28(26-24)21-10-3-2-4-11-21)17-25-14-8-16-27-15-7-13-23(27)29/h2-6,9-12,18,25H,7-8,13-17H2,1H3. The van der Waals surface area contributed by atoms with E-state index in [0.717, 1.165) is 50.4 Å². The predicted molar refractivity (Wildman–Crippen MR) is 116 cm³/mol. The molecule has 29 heavy (non-hydrogen) atoms. The third-order valence-corrected chi connectivity index (χ3v) is 5.48. The first-order chi connectivity index (χ1) is 14.2. The van der Waals surface area contributed by atoms with Crippen LogP contribution in [0.1, 0.15) is 30.4 Å². The van der Waals surface area contributed by atoms with Crippen LogP contribution in [0.25, 0.3) is 16.9 Å². The molecule has 0 bridgehead atoms. The van der Waals surface area contributed by atoms with Crippen LogP contribution >= 0.6 is 0 Å². The number of likely N-dealkylation sites (tertiary alicyclic amines) is 1. The second kappa shape index (κ2) is 9.05. The maximum Gasteiger partial charge on any atom is 0.222 e. The zero-order valence-corrected chi connectivity index (χ0v) is 17.0. The number of carbonyl (C=O) groups excluding carboxylic acids is 1. The molecular formula is C24H28N4O. The molecule has 0 saturated carbocycles. The number of benzene rings is 2. The van der Waals surface area contributed by atoms with Crippen molar-refractivity contribution in [1.29, 1.82) is 0 Å². The van der Waals surface area contributed by atoms with Crippen LogP contribution in [0, 0.1) is 6.92 Å². The summed E-state index contributed by atoms with van der Waals surface area (Å²) in [7, 11) is 0. The molecule has 1 aromatic heterocycles. The summed E-state index contributed by atoms with van der Waals surface area (Å²) in [6, 6.07) is 18.6. The smallest absolute Gasteiger partial charge is 0.222 e. The van der Waals surface area contributed by atoms with E-state index in [-0.39, 0.29) is 0 Å². The molecule has 0 unspecified atom stereocenters. The van der Waals surface area contributed by atoms with E-state index >= 15 is 0 Å². The van der Waals surface area contributed by atoms with Crippen molar-refractivity contribution in [1.82, 2.24) is 20.0 Å². The lowest BCUT2D eigenvalue weighted by Gasteiger charge is -2.15. The fourth-order valence-corrected chi connectivity index (χ4v) is 3.88. The monoisotopic (exact) mass is 388 g/mol. The summed E-state index contributed by atoms with van der Waals surface area (Å²) < 4.78 is 1.96. The maximum atomic E-state index is 11.7.